The van der Waals surface area contributed by atoms with Crippen LogP contribution in [-0.4, -0.2) is 16.2 Å². The Kier molecular flexibility index (Phi) is 4.37. The molecule has 0 fully saturated rings. The molecular weight excluding hydrogens is 310 g/mol. The lowest BCUT2D eigenvalue weighted by molar-refractivity contribution is -0.136. The lowest BCUT2D eigenvalue weighted by Gasteiger charge is -2.00. The van der Waals surface area contributed by atoms with E-state index in [1.807, 2.05) is 24.3 Å². The van der Waals surface area contributed by atoms with Crippen molar-refractivity contribution in [2.75, 3.05) is 0 Å². The molecule has 100 valence electrons. The van der Waals surface area contributed by atoms with Crippen molar-refractivity contribution in [2.45, 2.75) is 24.6 Å². The molecule has 2 aromatic rings. The molecule has 1 atom stereocenters. The lowest BCUT2D eigenvalue weighted by atomic mass is 10.1. The van der Waals surface area contributed by atoms with Gasteiger partial charge in [0.1, 0.15) is 5.69 Å². The monoisotopic (exact) mass is 323 g/mol. The van der Waals surface area contributed by atoms with Crippen LogP contribution in [0.25, 0.3) is 11.3 Å². The first kappa shape index (κ1) is 13.8. The van der Waals surface area contributed by atoms with E-state index in [1.165, 1.54) is 0 Å². The van der Waals surface area contributed by atoms with Gasteiger partial charge in [0, 0.05) is 11.6 Å². The van der Waals surface area contributed by atoms with E-state index in [4.69, 9.17) is 9.63 Å². The third kappa shape index (κ3) is 3.44. The predicted molar refractivity (Wildman–Crippen MR) is 75.2 cm³/mol. The maximum atomic E-state index is 10.7. The first-order valence-corrected chi connectivity index (χ1v) is 6.93. The van der Waals surface area contributed by atoms with Gasteiger partial charge in [-0.15, -0.1) is 0 Å². The highest BCUT2D eigenvalue weighted by Crippen LogP contribution is 2.29. The second kappa shape index (κ2) is 6.02. The van der Waals surface area contributed by atoms with Gasteiger partial charge in [0.05, 0.1) is 11.2 Å². The Morgan fingerprint density at radius 2 is 2.26 bits per heavy atom. The smallest absolute Gasteiger partial charge is 0.307 e. The topological polar surface area (TPSA) is 63.3 Å². The number of alkyl halides is 1. The quantitative estimate of drug-likeness (QED) is 0.850. The van der Waals surface area contributed by atoms with Crippen molar-refractivity contribution in [3.63, 3.8) is 0 Å². The second-order valence-corrected chi connectivity index (χ2v) is 5.37. The number of aliphatic carboxylic acids is 1. The molecule has 0 saturated carbocycles. The molecule has 0 aliphatic carbocycles. The molecule has 1 aromatic heterocycles. The van der Waals surface area contributed by atoms with E-state index in [0.29, 0.717) is 0 Å². The molecular formula is C14H14BrNO3. The Hall–Kier alpha value is -1.62. The Labute approximate surface area is 119 Å². The molecule has 2 rings (SSSR count). The van der Waals surface area contributed by atoms with E-state index in [9.17, 15) is 4.79 Å². The summed E-state index contributed by atoms with van der Waals surface area (Å²) in [6, 6.07) is 9.21. The van der Waals surface area contributed by atoms with E-state index in [1.54, 1.807) is 6.07 Å². The predicted octanol–water partition coefficient (Wildman–Crippen LogP) is 3.81. The third-order valence-electron chi connectivity index (χ3n) is 2.77. The number of aromatic nitrogens is 1. The Bertz CT molecular complexity index is 580. The van der Waals surface area contributed by atoms with E-state index in [2.05, 4.69) is 28.0 Å². The van der Waals surface area contributed by atoms with Crippen molar-refractivity contribution in [1.82, 2.24) is 5.16 Å². The minimum Gasteiger partial charge on any atom is -0.481 e. The summed E-state index contributed by atoms with van der Waals surface area (Å²) >= 11 is 3.51. The van der Waals surface area contributed by atoms with Gasteiger partial charge >= 0.3 is 5.97 Å². The molecule has 0 spiro atoms. The molecule has 5 heteroatoms. The number of rotatable bonds is 5. The number of halogens is 1. The number of benzene rings is 1. The summed E-state index contributed by atoms with van der Waals surface area (Å²) in [6.45, 7) is 2.05. The largest absolute Gasteiger partial charge is 0.481 e. The van der Waals surface area contributed by atoms with Crippen molar-refractivity contribution in [2.24, 2.45) is 0 Å². The van der Waals surface area contributed by atoms with Crippen LogP contribution in [0, 0.1) is 0 Å². The Morgan fingerprint density at radius 1 is 1.47 bits per heavy atom. The first-order valence-electron chi connectivity index (χ1n) is 6.02. The van der Waals surface area contributed by atoms with Gasteiger partial charge in [-0.2, -0.15) is 0 Å². The summed E-state index contributed by atoms with van der Waals surface area (Å²) < 4.78 is 5.28. The van der Waals surface area contributed by atoms with Crippen LogP contribution in [-0.2, 0) is 11.2 Å². The summed E-state index contributed by atoms with van der Waals surface area (Å²) in [6.07, 6.45) is 0.919. The zero-order valence-corrected chi connectivity index (χ0v) is 12.1. The summed E-state index contributed by atoms with van der Waals surface area (Å²) in [5.74, 6) is -0.0642. The number of carboxylic acids is 1. The highest BCUT2D eigenvalue weighted by Gasteiger charge is 2.13. The molecule has 4 nitrogen and oxygen atoms in total. The van der Waals surface area contributed by atoms with Crippen molar-refractivity contribution in [1.29, 1.82) is 0 Å². The summed E-state index contributed by atoms with van der Waals surface area (Å²) in [7, 11) is 0. The third-order valence-corrected chi connectivity index (χ3v) is 3.87. The van der Waals surface area contributed by atoms with Gasteiger partial charge in [-0.05, 0) is 18.1 Å². The number of carbonyl (C=O) groups is 1. The van der Waals surface area contributed by atoms with Gasteiger partial charge in [-0.25, -0.2) is 0 Å². The van der Waals surface area contributed by atoms with Crippen LogP contribution in [0.1, 0.15) is 29.5 Å². The van der Waals surface area contributed by atoms with Crippen LogP contribution in [0.2, 0.25) is 0 Å². The van der Waals surface area contributed by atoms with Crippen LogP contribution in [0.3, 0.4) is 0 Å². The molecule has 0 aliphatic rings. The number of nitrogens with zero attached hydrogens (tertiary/aromatic N) is 1. The maximum absolute atomic E-state index is 10.7. The standard InChI is InChI=1S/C14H14BrNO3/c1-2-11(15)13-8-12(16-19-13)10-5-3-4-9(6-10)7-14(17)18/h3-6,8,11H,2,7H2,1H3,(H,17,18). The fourth-order valence-corrected chi connectivity index (χ4v) is 2.01. The zero-order valence-electron chi connectivity index (χ0n) is 10.5. The van der Waals surface area contributed by atoms with Crippen molar-refractivity contribution in [3.8, 4) is 11.3 Å². The van der Waals surface area contributed by atoms with Crippen LogP contribution in [0.5, 0.6) is 0 Å². The molecule has 0 bridgehead atoms. The zero-order chi connectivity index (χ0) is 13.8. The number of hydrogen-bond acceptors (Lipinski definition) is 3. The number of hydrogen-bond donors (Lipinski definition) is 1. The molecule has 19 heavy (non-hydrogen) atoms. The Balaban J connectivity index is 2.26. The Morgan fingerprint density at radius 3 is 2.95 bits per heavy atom. The minimum atomic E-state index is -0.843. The van der Waals surface area contributed by atoms with Crippen LogP contribution >= 0.6 is 15.9 Å². The van der Waals surface area contributed by atoms with Crippen molar-refractivity contribution < 1.29 is 14.4 Å². The summed E-state index contributed by atoms with van der Waals surface area (Å²) in [4.78, 5) is 10.9. The van der Waals surface area contributed by atoms with Crippen molar-refractivity contribution in [3.05, 3.63) is 41.7 Å². The molecule has 1 aromatic carbocycles. The van der Waals surface area contributed by atoms with E-state index < -0.39 is 5.97 Å². The van der Waals surface area contributed by atoms with Gasteiger partial charge in [-0.1, -0.05) is 46.2 Å². The molecule has 1 N–H and O–H groups in total. The molecule has 0 amide bonds. The average molecular weight is 324 g/mol. The van der Waals surface area contributed by atoms with Gasteiger partial charge in [-0.3, -0.25) is 4.79 Å². The van der Waals surface area contributed by atoms with Crippen molar-refractivity contribution >= 4 is 21.9 Å². The van der Waals surface area contributed by atoms with Gasteiger partial charge in [0.25, 0.3) is 0 Å². The molecule has 0 aliphatic heterocycles. The summed E-state index contributed by atoms with van der Waals surface area (Å²) in [5.41, 5.74) is 2.34. The van der Waals surface area contributed by atoms with Gasteiger partial charge in [0.2, 0.25) is 0 Å². The van der Waals surface area contributed by atoms with Crippen LogP contribution in [0.4, 0.5) is 0 Å². The van der Waals surface area contributed by atoms with E-state index in [-0.39, 0.29) is 11.2 Å². The molecule has 0 radical (unpaired) electrons. The highest BCUT2D eigenvalue weighted by atomic mass is 79.9. The molecule has 1 unspecified atom stereocenters. The summed E-state index contributed by atoms with van der Waals surface area (Å²) in [5, 5.41) is 12.8. The first-order chi connectivity index (χ1) is 9.10. The van der Waals surface area contributed by atoms with Gasteiger partial charge in [0.15, 0.2) is 5.76 Å². The normalized spacial score (nSPS) is 12.3. The fraction of sp³-hybridized carbons (Fsp3) is 0.286. The lowest BCUT2D eigenvalue weighted by Crippen LogP contribution is -1.99. The second-order valence-electron chi connectivity index (χ2n) is 4.26. The van der Waals surface area contributed by atoms with Crippen LogP contribution in [0.15, 0.2) is 34.9 Å². The maximum Gasteiger partial charge on any atom is 0.307 e. The fourth-order valence-electron chi connectivity index (χ4n) is 1.79. The average Bonchev–Trinajstić information content (AvgIpc) is 2.87. The van der Waals surface area contributed by atoms with Gasteiger partial charge < -0.3 is 9.63 Å². The number of carboxylic acid groups (broad SMARTS) is 1. The molecule has 1 heterocycles. The van der Waals surface area contributed by atoms with E-state index >= 15 is 0 Å². The SMILES string of the molecule is CCC(Br)c1cc(-c2cccc(CC(=O)O)c2)no1. The van der Waals surface area contributed by atoms with Crippen LogP contribution < -0.4 is 0 Å². The highest BCUT2D eigenvalue weighted by molar-refractivity contribution is 9.09. The molecule has 0 saturated heterocycles. The van der Waals surface area contributed by atoms with E-state index in [0.717, 1.165) is 29.0 Å². The minimum absolute atomic E-state index is 0.00851.